The second-order valence-electron chi connectivity index (χ2n) is 6.26. The maximum Gasteiger partial charge on any atom is 0.0223 e. The number of hydrogen-bond donors (Lipinski definition) is 1. The summed E-state index contributed by atoms with van der Waals surface area (Å²) in [5.41, 5.74) is 1.75. The van der Waals surface area contributed by atoms with Crippen LogP contribution in [0.4, 0.5) is 0 Å². The largest absolute Gasteiger partial charge is 0.314 e. The Labute approximate surface area is 118 Å². The van der Waals surface area contributed by atoms with Gasteiger partial charge in [-0.2, -0.15) is 0 Å². The summed E-state index contributed by atoms with van der Waals surface area (Å²) in [6.07, 6.45) is 3.64. The normalized spacial score (nSPS) is 21.5. The predicted octanol–water partition coefficient (Wildman–Crippen LogP) is 3.08. The summed E-state index contributed by atoms with van der Waals surface area (Å²) in [5.74, 6) is 0. The molecule has 1 aromatic rings. The molecular formula is C17H28N2. The molecular weight excluding hydrogens is 232 g/mol. The average Bonchev–Trinajstić information content (AvgIpc) is 2.46. The number of nitrogens with zero attached hydrogens (tertiary/aromatic N) is 1. The molecule has 0 aliphatic carbocycles. The Kier molecular flexibility index (Phi) is 5.00. The maximum absolute atomic E-state index is 3.52. The van der Waals surface area contributed by atoms with Crippen LogP contribution in [0.5, 0.6) is 0 Å². The third kappa shape index (κ3) is 3.80. The second kappa shape index (κ2) is 6.53. The van der Waals surface area contributed by atoms with E-state index in [2.05, 4.69) is 61.3 Å². The monoisotopic (exact) mass is 260 g/mol. The molecule has 0 radical (unpaired) electrons. The van der Waals surface area contributed by atoms with Gasteiger partial charge in [0.25, 0.3) is 0 Å². The van der Waals surface area contributed by atoms with Crippen LogP contribution in [0, 0.1) is 0 Å². The number of hydrogen-bond acceptors (Lipinski definition) is 2. The molecule has 1 fully saturated rings. The topological polar surface area (TPSA) is 15.3 Å². The van der Waals surface area contributed by atoms with Crippen molar-refractivity contribution in [2.45, 2.75) is 51.6 Å². The van der Waals surface area contributed by atoms with E-state index in [9.17, 15) is 0 Å². The molecule has 1 unspecified atom stereocenters. The first kappa shape index (κ1) is 14.5. The van der Waals surface area contributed by atoms with Crippen LogP contribution in [0.2, 0.25) is 0 Å². The van der Waals surface area contributed by atoms with Gasteiger partial charge < -0.3 is 5.32 Å². The van der Waals surface area contributed by atoms with Crippen molar-refractivity contribution >= 4 is 0 Å². The standard InChI is InChI=1S/C17H28N2/c1-4-16-14-18-12-13-19(16)17(2,3)11-10-15-8-6-5-7-9-15/h5-9,16,18H,4,10-14H2,1-3H3. The summed E-state index contributed by atoms with van der Waals surface area (Å²) < 4.78 is 0. The minimum absolute atomic E-state index is 0.290. The third-order valence-corrected chi connectivity index (χ3v) is 4.47. The molecule has 0 spiro atoms. The Bertz CT molecular complexity index is 372. The molecule has 1 aromatic carbocycles. The Morgan fingerprint density at radius 1 is 1.26 bits per heavy atom. The van der Waals surface area contributed by atoms with Crippen LogP contribution in [-0.2, 0) is 6.42 Å². The third-order valence-electron chi connectivity index (χ3n) is 4.47. The van der Waals surface area contributed by atoms with Gasteiger partial charge in [0.1, 0.15) is 0 Å². The highest BCUT2D eigenvalue weighted by molar-refractivity contribution is 5.15. The van der Waals surface area contributed by atoms with Crippen molar-refractivity contribution in [2.75, 3.05) is 19.6 Å². The van der Waals surface area contributed by atoms with E-state index in [1.54, 1.807) is 0 Å². The zero-order chi connectivity index (χ0) is 13.7. The van der Waals surface area contributed by atoms with Crippen molar-refractivity contribution in [1.82, 2.24) is 10.2 Å². The zero-order valence-electron chi connectivity index (χ0n) is 12.7. The van der Waals surface area contributed by atoms with Crippen molar-refractivity contribution in [3.8, 4) is 0 Å². The number of nitrogens with one attached hydrogen (secondary N) is 1. The van der Waals surface area contributed by atoms with Gasteiger partial charge in [0.15, 0.2) is 0 Å². The van der Waals surface area contributed by atoms with Crippen LogP contribution < -0.4 is 5.32 Å². The molecule has 19 heavy (non-hydrogen) atoms. The lowest BCUT2D eigenvalue weighted by Gasteiger charge is -2.46. The predicted molar refractivity (Wildman–Crippen MR) is 82.5 cm³/mol. The van der Waals surface area contributed by atoms with E-state index in [-0.39, 0.29) is 0 Å². The first-order chi connectivity index (χ1) is 9.13. The van der Waals surface area contributed by atoms with Gasteiger partial charge in [0.05, 0.1) is 0 Å². The molecule has 1 heterocycles. The molecule has 1 N–H and O–H groups in total. The molecule has 0 bridgehead atoms. The number of piperazine rings is 1. The van der Waals surface area contributed by atoms with Gasteiger partial charge in [-0.15, -0.1) is 0 Å². The van der Waals surface area contributed by atoms with E-state index in [1.165, 1.54) is 31.4 Å². The van der Waals surface area contributed by atoms with Crippen LogP contribution in [0.1, 0.15) is 39.2 Å². The first-order valence-corrected chi connectivity index (χ1v) is 7.65. The van der Waals surface area contributed by atoms with Crippen LogP contribution in [0.15, 0.2) is 30.3 Å². The number of aryl methyl sites for hydroxylation is 1. The molecule has 1 saturated heterocycles. The summed E-state index contributed by atoms with van der Waals surface area (Å²) in [6.45, 7) is 10.6. The van der Waals surface area contributed by atoms with Crippen LogP contribution >= 0.6 is 0 Å². The summed E-state index contributed by atoms with van der Waals surface area (Å²) in [7, 11) is 0. The highest BCUT2D eigenvalue weighted by Crippen LogP contribution is 2.25. The van der Waals surface area contributed by atoms with Crippen molar-refractivity contribution in [1.29, 1.82) is 0 Å². The van der Waals surface area contributed by atoms with Crippen molar-refractivity contribution < 1.29 is 0 Å². The molecule has 1 aliphatic heterocycles. The second-order valence-corrected chi connectivity index (χ2v) is 6.26. The Morgan fingerprint density at radius 2 is 2.00 bits per heavy atom. The van der Waals surface area contributed by atoms with Crippen molar-refractivity contribution in [2.24, 2.45) is 0 Å². The van der Waals surface area contributed by atoms with E-state index in [4.69, 9.17) is 0 Å². The summed E-state index contributed by atoms with van der Waals surface area (Å²) in [6, 6.07) is 11.6. The quantitative estimate of drug-likeness (QED) is 0.875. The highest BCUT2D eigenvalue weighted by Gasteiger charge is 2.32. The number of benzene rings is 1. The minimum Gasteiger partial charge on any atom is -0.314 e. The van der Waals surface area contributed by atoms with E-state index in [1.807, 2.05) is 0 Å². The van der Waals surface area contributed by atoms with E-state index >= 15 is 0 Å². The van der Waals surface area contributed by atoms with Gasteiger partial charge in [-0.05, 0) is 38.7 Å². The molecule has 2 heteroatoms. The molecule has 1 atom stereocenters. The van der Waals surface area contributed by atoms with Gasteiger partial charge in [-0.25, -0.2) is 0 Å². The SMILES string of the molecule is CCC1CNCCN1C(C)(C)CCc1ccccc1. The van der Waals surface area contributed by atoms with Crippen molar-refractivity contribution in [3.05, 3.63) is 35.9 Å². The lowest BCUT2D eigenvalue weighted by molar-refractivity contribution is 0.0415. The van der Waals surface area contributed by atoms with Crippen molar-refractivity contribution in [3.63, 3.8) is 0 Å². The van der Waals surface area contributed by atoms with E-state index < -0.39 is 0 Å². The molecule has 0 amide bonds. The fourth-order valence-electron chi connectivity index (χ4n) is 3.16. The van der Waals surface area contributed by atoms with Gasteiger partial charge in [-0.3, -0.25) is 4.90 Å². The summed E-state index contributed by atoms with van der Waals surface area (Å²) in [5, 5.41) is 3.52. The van der Waals surface area contributed by atoms with Gasteiger partial charge in [0.2, 0.25) is 0 Å². The average molecular weight is 260 g/mol. The molecule has 2 rings (SSSR count). The highest BCUT2D eigenvalue weighted by atomic mass is 15.3. The Morgan fingerprint density at radius 3 is 2.68 bits per heavy atom. The van der Waals surface area contributed by atoms with Crippen LogP contribution in [0.25, 0.3) is 0 Å². The molecule has 0 saturated carbocycles. The summed E-state index contributed by atoms with van der Waals surface area (Å²) >= 11 is 0. The fourth-order valence-corrected chi connectivity index (χ4v) is 3.16. The lowest BCUT2D eigenvalue weighted by Crippen LogP contribution is -2.59. The molecule has 2 nitrogen and oxygen atoms in total. The fraction of sp³-hybridized carbons (Fsp3) is 0.647. The van der Waals surface area contributed by atoms with Crippen LogP contribution in [-0.4, -0.2) is 36.1 Å². The van der Waals surface area contributed by atoms with E-state index in [0.717, 1.165) is 13.1 Å². The Balaban J connectivity index is 1.96. The summed E-state index contributed by atoms with van der Waals surface area (Å²) in [4.78, 5) is 2.71. The molecule has 0 aromatic heterocycles. The smallest absolute Gasteiger partial charge is 0.0223 e. The Hall–Kier alpha value is -0.860. The minimum atomic E-state index is 0.290. The van der Waals surface area contributed by atoms with E-state index in [0.29, 0.717) is 11.6 Å². The van der Waals surface area contributed by atoms with Gasteiger partial charge in [-0.1, -0.05) is 37.3 Å². The molecule has 106 valence electrons. The zero-order valence-corrected chi connectivity index (χ0v) is 12.7. The van der Waals surface area contributed by atoms with Gasteiger partial charge >= 0.3 is 0 Å². The molecule has 1 aliphatic rings. The van der Waals surface area contributed by atoms with Crippen LogP contribution in [0.3, 0.4) is 0 Å². The lowest BCUT2D eigenvalue weighted by atomic mass is 9.90. The number of rotatable bonds is 5. The van der Waals surface area contributed by atoms with Gasteiger partial charge in [0, 0.05) is 31.2 Å². The maximum atomic E-state index is 3.52. The first-order valence-electron chi connectivity index (χ1n) is 7.65.